The van der Waals surface area contributed by atoms with Crippen LogP contribution >= 0.6 is 0 Å². The lowest BCUT2D eigenvalue weighted by atomic mass is 10.2. The van der Waals surface area contributed by atoms with Crippen molar-refractivity contribution in [2.24, 2.45) is 13.0 Å². The lowest BCUT2D eigenvalue weighted by Gasteiger charge is -2.05. The highest BCUT2D eigenvalue weighted by Gasteiger charge is 2.00. The first-order chi connectivity index (χ1) is 6.61. The van der Waals surface area contributed by atoms with Crippen LogP contribution in [0.25, 0.3) is 0 Å². The third-order valence-electron chi connectivity index (χ3n) is 1.79. The van der Waals surface area contributed by atoms with E-state index in [1.165, 1.54) is 15.6 Å². The van der Waals surface area contributed by atoms with Crippen molar-refractivity contribution in [2.75, 3.05) is 13.2 Å². The summed E-state index contributed by atoms with van der Waals surface area (Å²) in [6, 6.07) is 0. The fourth-order valence-electron chi connectivity index (χ4n) is 1.04. The van der Waals surface area contributed by atoms with Crippen LogP contribution in [0.2, 0.25) is 0 Å². The molecule has 0 fully saturated rings. The van der Waals surface area contributed by atoms with Crippen LogP contribution in [0.3, 0.4) is 0 Å². The first-order valence-corrected chi connectivity index (χ1v) is 4.77. The molecule has 0 aliphatic rings. The Morgan fingerprint density at radius 1 is 1.57 bits per heavy atom. The second-order valence-corrected chi connectivity index (χ2v) is 3.72. The van der Waals surface area contributed by atoms with E-state index in [0.29, 0.717) is 19.1 Å². The van der Waals surface area contributed by atoms with E-state index in [2.05, 4.69) is 18.9 Å². The van der Waals surface area contributed by atoms with Gasteiger partial charge in [-0.25, -0.2) is 9.48 Å². The van der Waals surface area contributed by atoms with Gasteiger partial charge in [0.15, 0.2) is 0 Å². The minimum atomic E-state index is -0.0989. The van der Waals surface area contributed by atoms with E-state index in [-0.39, 0.29) is 5.69 Å². The van der Waals surface area contributed by atoms with Gasteiger partial charge in [0.1, 0.15) is 6.33 Å². The maximum atomic E-state index is 11.3. The van der Waals surface area contributed by atoms with Crippen LogP contribution in [0.4, 0.5) is 0 Å². The molecule has 5 nitrogen and oxygen atoms in total. The van der Waals surface area contributed by atoms with E-state index in [1.54, 1.807) is 7.05 Å². The van der Waals surface area contributed by atoms with Gasteiger partial charge in [0.05, 0.1) is 13.2 Å². The number of nitrogens with zero attached hydrogens (tertiary/aromatic N) is 3. The molecule has 0 aromatic carbocycles. The van der Waals surface area contributed by atoms with E-state index in [9.17, 15) is 4.79 Å². The van der Waals surface area contributed by atoms with Gasteiger partial charge < -0.3 is 4.74 Å². The van der Waals surface area contributed by atoms with Crippen molar-refractivity contribution in [3.8, 4) is 0 Å². The van der Waals surface area contributed by atoms with Crippen molar-refractivity contribution in [3.63, 3.8) is 0 Å². The zero-order chi connectivity index (χ0) is 10.6. The molecular weight excluding hydrogens is 182 g/mol. The molecule has 1 aromatic heterocycles. The van der Waals surface area contributed by atoms with Crippen molar-refractivity contribution < 1.29 is 4.74 Å². The average molecular weight is 199 g/mol. The van der Waals surface area contributed by atoms with Crippen molar-refractivity contribution >= 4 is 0 Å². The van der Waals surface area contributed by atoms with E-state index < -0.39 is 0 Å². The van der Waals surface area contributed by atoms with Crippen LogP contribution in [-0.2, 0) is 18.3 Å². The highest BCUT2D eigenvalue weighted by molar-refractivity contribution is 4.64. The standard InChI is InChI=1S/C9H17N3O2/c1-8(2)6-14-5-4-12-9(13)11(3)7-10-12/h7-8H,4-6H2,1-3H3. The van der Waals surface area contributed by atoms with Gasteiger partial charge in [0.2, 0.25) is 0 Å². The highest BCUT2D eigenvalue weighted by atomic mass is 16.5. The summed E-state index contributed by atoms with van der Waals surface area (Å²) in [5.74, 6) is 0.524. The smallest absolute Gasteiger partial charge is 0.345 e. The van der Waals surface area contributed by atoms with Gasteiger partial charge in [-0.2, -0.15) is 5.10 Å². The first-order valence-electron chi connectivity index (χ1n) is 4.77. The van der Waals surface area contributed by atoms with Crippen LogP contribution < -0.4 is 5.69 Å². The van der Waals surface area contributed by atoms with Crippen LogP contribution in [-0.4, -0.2) is 27.6 Å². The molecule has 0 N–H and O–H groups in total. The average Bonchev–Trinajstić information content (AvgIpc) is 2.43. The summed E-state index contributed by atoms with van der Waals surface area (Å²) in [6.45, 7) is 5.96. The van der Waals surface area contributed by atoms with Gasteiger partial charge in [-0.05, 0) is 5.92 Å². The zero-order valence-corrected chi connectivity index (χ0v) is 8.93. The highest BCUT2D eigenvalue weighted by Crippen LogP contribution is 1.91. The summed E-state index contributed by atoms with van der Waals surface area (Å²) >= 11 is 0. The van der Waals surface area contributed by atoms with E-state index >= 15 is 0 Å². The van der Waals surface area contributed by atoms with Crippen molar-refractivity contribution in [2.45, 2.75) is 20.4 Å². The number of aryl methyl sites for hydroxylation is 1. The Balaban J connectivity index is 2.32. The number of ether oxygens (including phenoxy) is 1. The van der Waals surface area contributed by atoms with E-state index in [0.717, 1.165) is 6.61 Å². The summed E-state index contributed by atoms with van der Waals surface area (Å²) in [4.78, 5) is 11.3. The molecule has 0 aliphatic heterocycles. The molecule has 0 aliphatic carbocycles. The van der Waals surface area contributed by atoms with Gasteiger partial charge in [-0.15, -0.1) is 0 Å². The normalized spacial score (nSPS) is 11.1. The molecule has 80 valence electrons. The summed E-state index contributed by atoms with van der Waals surface area (Å²) < 4.78 is 8.20. The van der Waals surface area contributed by atoms with Crippen molar-refractivity contribution in [3.05, 3.63) is 16.8 Å². The maximum absolute atomic E-state index is 11.3. The first kappa shape index (κ1) is 11.0. The number of aromatic nitrogens is 3. The molecular formula is C9H17N3O2. The summed E-state index contributed by atoms with van der Waals surface area (Å²) in [5.41, 5.74) is -0.0989. The van der Waals surface area contributed by atoms with Crippen molar-refractivity contribution in [1.29, 1.82) is 0 Å². The lowest BCUT2D eigenvalue weighted by Crippen LogP contribution is -2.25. The molecule has 5 heteroatoms. The van der Waals surface area contributed by atoms with Gasteiger partial charge in [0.25, 0.3) is 0 Å². The lowest BCUT2D eigenvalue weighted by molar-refractivity contribution is 0.100. The fourth-order valence-corrected chi connectivity index (χ4v) is 1.04. The summed E-state index contributed by atoms with van der Waals surface area (Å²) in [5, 5.41) is 3.92. The Bertz CT molecular complexity index is 327. The SMILES string of the molecule is CC(C)COCCn1ncn(C)c1=O. The Hall–Kier alpha value is -1.10. The third kappa shape index (κ3) is 2.99. The topological polar surface area (TPSA) is 49.0 Å². The Labute approximate surface area is 83.3 Å². The minimum Gasteiger partial charge on any atom is -0.379 e. The van der Waals surface area contributed by atoms with E-state index in [1.807, 2.05) is 0 Å². The van der Waals surface area contributed by atoms with Crippen LogP contribution in [0.5, 0.6) is 0 Å². The second-order valence-electron chi connectivity index (χ2n) is 3.72. The number of hydrogen-bond acceptors (Lipinski definition) is 3. The Morgan fingerprint density at radius 3 is 2.79 bits per heavy atom. The predicted molar refractivity (Wildman–Crippen MR) is 53.1 cm³/mol. The molecule has 1 rings (SSSR count). The van der Waals surface area contributed by atoms with Gasteiger partial charge >= 0.3 is 5.69 Å². The Morgan fingerprint density at radius 2 is 2.29 bits per heavy atom. The minimum absolute atomic E-state index is 0.0989. The molecule has 0 radical (unpaired) electrons. The number of hydrogen-bond donors (Lipinski definition) is 0. The largest absolute Gasteiger partial charge is 0.379 e. The molecule has 1 aromatic rings. The van der Waals surface area contributed by atoms with Crippen LogP contribution in [0.1, 0.15) is 13.8 Å². The molecule has 0 spiro atoms. The molecule has 0 saturated heterocycles. The quantitative estimate of drug-likeness (QED) is 0.639. The third-order valence-corrected chi connectivity index (χ3v) is 1.79. The number of rotatable bonds is 5. The Kier molecular flexibility index (Phi) is 3.88. The maximum Gasteiger partial charge on any atom is 0.345 e. The predicted octanol–water partition coefficient (Wildman–Crippen LogP) is 0.254. The van der Waals surface area contributed by atoms with Gasteiger partial charge in [-0.3, -0.25) is 4.57 Å². The van der Waals surface area contributed by atoms with Gasteiger partial charge in [-0.1, -0.05) is 13.8 Å². The molecule has 0 amide bonds. The van der Waals surface area contributed by atoms with Crippen LogP contribution in [0.15, 0.2) is 11.1 Å². The van der Waals surface area contributed by atoms with Crippen LogP contribution in [0, 0.1) is 5.92 Å². The van der Waals surface area contributed by atoms with Gasteiger partial charge in [0, 0.05) is 13.7 Å². The monoisotopic (exact) mass is 199 g/mol. The van der Waals surface area contributed by atoms with E-state index in [4.69, 9.17) is 4.74 Å². The molecule has 0 bridgehead atoms. The van der Waals surface area contributed by atoms with Crippen molar-refractivity contribution in [1.82, 2.24) is 14.3 Å². The summed E-state index contributed by atoms with van der Waals surface area (Å²) in [6.07, 6.45) is 1.50. The summed E-state index contributed by atoms with van der Waals surface area (Å²) in [7, 11) is 1.68. The molecule has 0 unspecified atom stereocenters. The second kappa shape index (κ2) is 4.95. The molecule has 14 heavy (non-hydrogen) atoms. The molecule has 0 saturated carbocycles. The molecule has 0 atom stereocenters. The fraction of sp³-hybridized carbons (Fsp3) is 0.778. The molecule has 1 heterocycles. The zero-order valence-electron chi connectivity index (χ0n) is 8.93.